The number of oxime groups is 1. The van der Waals surface area contributed by atoms with Crippen LogP contribution in [-0.4, -0.2) is 51.9 Å². The van der Waals surface area contributed by atoms with Gasteiger partial charge in [-0.1, -0.05) is 23.4 Å². The fraction of sp³-hybridized carbons (Fsp3) is 0.304. The van der Waals surface area contributed by atoms with Gasteiger partial charge >= 0.3 is 5.97 Å². The van der Waals surface area contributed by atoms with E-state index in [1.165, 1.54) is 12.7 Å². The zero-order chi connectivity index (χ0) is 21.6. The molecule has 0 fully saturated rings. The summed E-state index contributed by atoms with van der Waals surface area (Å²) < 4.78 is 6.58. The van der Waals surface area contributed by atoms with Crippen LogP contribution in [0.25, 0.3) is 22.4 Å². The molecule has 0 atom stereocenters. The van der Waals surface area contributed by atoms with Gasteiger partial charge in [-0.2, -0.15) is 5.10 Å². The lowest BCUT2D eigenvalue weighted by molar-refractivity contribution is -0.139. The smallest absolute Gasteiger partial charge is 0.319 e. The van der Waals surface area contributed by atoms with E-state index in [9.17, 15) is 10.0 Å². The molecule has 2 N–H and O–H groups in total. The highest BCUT2D eigenvalue weighted by Gasteiger charge is 2.20. The van der Waals surface area contributed by atoms with Crippen LogP contribution in [0.5, 0.6) is 0 Å². The monoisotopic (exact) mass is 419 g/mol. The van der Waals surface area contributed by atoms with E-state index < -0.39 is 0 Å². The van der Waals surface area contributed by atoms with Crippen molar-refractivity contribution in [2.24, 2.45) is 5.16 Å². The Morgan fingerprint density at radius 3 is 2.81 bits per heavy atom. The maximum atomic E-state index is 11.2. The normalized spacial score (nSPS) is 14.0. The molecule has 1 aliphatic rings. The standard InChI is InChI=1S/C23H25N5O3/c1-31-22(29)14-25-9-2-12-28-15-20(23(26-28)16-7-10-24-11-8-16)18-3-5-19-17(13-18)4-6-21(19)27-30/h3,5,7-8,10-11,13,15,25,30H,2,4,6,9,12,14H2,1H3/b27-21+. The Morgan fingerprint density at radius 2 is 2.03 bits per heavy atom. The third-order valence-electron chi connectivity index (χ3n) is 5.43. The van der Waals surface area contributed by atoms with Gasteiger partial charge in [-0.05, 0) is 49.1 Å². The molecule has 31 heavy (non-hydrogen) atoms. The van der Waals surface area contributed by atoms with Gasteiger partial charge in [-0.25, -0.2) is 0 Å². The number of carbonyl (C=O) groups excluding carboxylic acids is 1. The second kappa shape index (κ2) is 9.53. The van der Waals surface area contributed by atoms with Gasteiger partial charge in [-0.15, -0.1) is 0 Å². The molecule has 0 amide bonds. The van der Waals surface area contributed by atoms with E-state index in [2.05, 4.69) is 38.5 Å². The zero-order valence-corrected chi connectivity index (χ0v) is 17.4. The van der Waals surface area contributed by atoms with Crippen LogP contribution in [0.4, 0.5) is 0 Å². The molecule has 0 bridgehead atoms. The predicted octanol–water partition coefficient (Wildman–Crippen LogP) is 2.89. The highest BCUT2D eigenvalue weighted by Crippen LogP contribution is 2.34. The quantitative estimate of drug-likeness (QED) is 0.252. The lowest BCUT2D eigenvalue weighted by Gasteiger charge is -2.06. The van der Waals surface area contributed by atoms with Gasteiger partial charge < -0.3 is 15.3 Å². The number of fused-ring (bicyclic) bond motifs is 1. The topological polar surface area (TPSA) is 102 Å². The summed E-state index contributed by atoms with van der Waals surface area (Å²) in [6.07, 6.45) is 8.04. The number of hydrogen-bond acceptors (Lipinski definition) is 7. The van der Waals surface area contributed by atoms with Crippen LogP contribution in [0, 0.1) is 0 Å². The summed E-state index contributed by atoms with van der Waals surface area (Å²) in [6, 6.07) is 10.2. The van der Waals surface area contributed by atoms with Gasteiger partial charge in [0.15, 0.2) is 0 Å². The van der Waals surface area contributed by atoms with Crippen molar-refractivity contribution in [1.29, 1.82) is 0 Å². The van der Waals surface area contributed by atoms with Crippen LogP contribution in [0.3, 0.4) is 0 Å². The Balaban J connectivity index is 1.57. The summed E-state index contributed by atoms with van der Waals surface area (Å²) in [6.45, 7) is 1.62. The van der Waals surface area contributed by atoms with Gasteiger partial charge in [0.25, 0.3) is 0 Å². The minimum absolute atomic E-state index is 0.206. The Hall–Kier alpha value is -3.52. The number of carbonyl (C=O) groups is 1. The van der Waals surface area contributed by atoms with Crippen molar-refractivity contribution >= 4 is 11.7 Å². The minimum atomic E-state index is -0.271. The van der Waals surface area contributed by atoms with Gasteiger partial charge in [0.1, 0.15) is 5.69 Å². The van der Waals surface area contributed by atoms with Crippen LogP contribution in [0.2, 0.25) is 0 Å². The summed E-state index contributed by atoms with van der Waals surface area (Å²) in [7, 11) is 1.38. The lowest BCUT2D eigenvalue weighted by atomic mass is 9.98. The molecule has 0 unspecified atom stereocenters. The summed E-state index contributed by atoms with van der Waals surface area (Å²) in [5.41, 5.74) is 6.98. The van der Waals surface area contributed by atoms with E-state index in [1.54, 1.807) is 12.4 Å². The van der Waals surface area contributed by atoms with Gasteiger partial charge in [0.05, 0.1) is 19.4 Å². The number of aromatic nitrogens is 3. The van der Waals surface area contributed by atoms with Crippen molar-refractivity contribution in [1.82, 2.24) is 20.1 Å². The molecule has 0 saturated carbocycles. The van der Waals surface area contributed by atoms with Crippen molar-refractivity contribution in [3.63, 3.8) is 0 Å². The molecule has 4 rings (SSSR count). The van der Waals surface area contributed by atoms with E-state index in [1.807, 2.05) is 22.9 Å². The van der Waals surface area contributed by atoms with E-state index in [-0.39, 0.29) is 12.5 Å². The first kappa shape index (κ1) is 20.7. The number of aryl methyl sites for hydroxylation is 2. The Morgan fingerprint density at radius 1 is 1.19 bits per heavy atom. The van der Waals surface area contributed by atoms with Gasteiger partial charge in [0.2, 0.25) is 0 Å². The van der Waals surface area contributed by atoms with E-state index in [4.69, 9.17) is 5.10 Å². The number of esters is 1. The molecule has 2 heterocycles. The second-order valence-corrected chi connectivity index (χ2v) is 7.42. The first-order chi connectivity index (χ1) is 15.2. The maximum absolute atomic E-state index is 11.2. The highest BCUT2D eigenvalue weighted by atomic mass is 16.5. The summed E-state index contributed by atoms with van der Waals surface area (Å²) in [4.78, 5) is 15.3. The second-order valence-electron chi connectivity index (χ2n) is 7.42. The molecule has 3 aromatic rings. The van der Waals surface area contributed by atoms with Crippen LogP contribution in [-0.2, 0) is 22.5 Å². The van der Waals surface area contributed by atoms with E-state index in [0.717, 1.165) is 59.5 Å². The van der Waals surface area contributed by atoms with E-state index in [0.29, 0.717) is 6.54 Å². The Bertz CT molecular complexity index is 1090. The van der Waals surface area contributed by atoms with Crippen LogP contribution < -0.4 is 5.32 Å². The highest BCUT2D eigenvalue weighted by molar-refractivity contribution is 6.04. The molecule has 8 nitrogen and oxygen atoms in total. The first-order valence-electron chi connectivity index (χ1n) is 10.3. The lowest BCUT2D eigenvalue weighted by Crippen LogP contribution is -2.25. The van der Waals surface area contributed by atoms with Gasteiger partial charge in [0, 0.05) is 41.8 Å². The number of hydrogen-bond donors (Lipinski definition) is 2. The maximum Gasteiger partial charge on any atom is 0.319 e. The molecule has 1 aromatic carbocycles. The molecule has 160 valence electrons. The molecule has 0 spiro atoms. The minimum Gasteiger partial charge on any atom is -0.468 e. The van der Waals surface area contributed by atoms with Crippen LogP contribution >= 0.6 is 0 Å². The molecule has 0 aliphatic heterocycles. The Kier molecular flexibility index (Phi) is 6.37. The van der Waals surface area contributed by atoms with Crippen molar-refractivity contribution in [3.05, 3.63) is 60.0 Å². The summed E-state index contributed by atoms with van der Waals surface area (Å²) >= 11 is 0. The zero-order valence-electron chi connectivity index (χ0n) is 17.4. The molecular formula is C23H25N5O3. The number of rotatable bonds is 8. The predicted molar refractivity (Wildman–Crippen MR) is 117 cm³/mol. The molecule has 8 heteroatoms. The van der Waals surface area contributed by atoms with Crippen LogP contribution in [0.1, 0.15) is 24.0 Å². The molecule has 2 aromatic heterocycles. The number of ether oxygens (including phenoxy) is 1. The molecule has 0 saturated heterocycles. The van der Waals surface area contributed by atoms with E-state index >= 15 is 0 Å². The van der Waals surface area contributed by atoms with Crippen molar-refractivity contribution in [2.45, 2.75) is 25.8 Å². The average molecular weight is 419 g/mol. The van der Waals surface area contributed by atoms with Crippen molar-refractivity contribution < 1.29 is 14.7 Å². The summed E-state index contributed by atoms with van der Waals surface area (Å²) in [5.74, 6) is -0.271. The number of pyridine rings is 1. The fourth-order valence-corrected chi connectivity index (χ4v) is 3.84. The number of nitrogens with one attached hydrogen (secondary N) is 1. The first-order valence-corrected chi connectivity index (χ1v) is 10.3. The SMILES string of the molecule is COC(=O)CNCCCn1cc(-c2ccc3c(c2)CC/C3=N\O)c(-c2ccncc2)n1. The Labute approximate surface area is 180 Å². The van der Waals surface area contributed by atoms with Crippen molar-refractivity contribution in [2.75, 3.05) is 20.2 Å². The number of nitrogens with zero attached hydrogens (tertiary/aromatic N) is 4. The fourth-order valence-electron chi connectivity index (χ4n) is 3.84. The third kappa shape index (κ3) is 4.64. The number of benzene rings is 1. The largest absolute Gasteiger partial charge is 0.468 e. The van der Waals surface area contributed by atoms with Crippen molar-refractivity contribution in [3.8, 4) is 22.4 Å². The van der Waals surface area contributed by atoms with Gasteiger partial charge in [-0.3, -0.25) is 14.5 Å². The average Bonchev–Trinajstić information content (AvgIpc) is 3.42. The number of methoxy groups -OCH3 is 1. The molecule has 1 aliphatic carbocycles. The van der Waals surface area contributed by atoms with Crippen LogP contribution in [0.15, 0.2) is 54.1 Å². The summed E-state index contributed by atoms with van der Waals surface area (Å²) in [5, 5.41) is 20.5. The molecule has 0 radical (unpaired) electrons. The third-order valence-corrected chi connectivity index (χ3v) is 5.43. The molecular weight excluding hydrogens is 394 g/mol.